The minimum Gasteiger partial charge on any atom is -0.496 e. The molecule has 1 nitrogen and oxygen atoms in total. The average Bonchev–Trinajstić information content (AvgIpc) is 2.29. The number of hydrogen-bond donors (Lipinski definition) is 0. The molecule has 0 N–H and O–H groups in total. The van der Waals surface area contributed by atoms with Gasteiger partial charge in [0.25, 0.3) is 0 Å². The van der Waals surface area contributed by atoms with Crippen LogP contribution in [0.3, 0.4) is 0 Å². The van der Waals surface area contributed by atoms with Crippen molar-refractivity contribution < 1.29 is 4.74 Å². The Morgan fingerprint density at radius 2 is 1.60 bits per heavy atom. The molecule has 0 aromatic heterocycles. The van der Waals surface area contributed by atoms with Crippen molar-refractivity contribution in [3.63, 3.8) is 0 Å². The fourth-order valence-electron chi connectivity index (χ4n) is 1.79. The van der Waals surface area contributed by atoms with E-state index in [4.69, 9.17) is 4.74 Å². The second kappa shape index (κ2) is 4.18. The van der Waals surface area contributed by atoms with Crippen molar-refractivity contribution in [1.82, 2.24) is 0 Å². The van der Waals surface area contributed by atoms with Crippen molar-refractivity contribution in [2.45, 2.75) is 6.92 Å². The SMILES string of the molecule is COc1cccc(C)c1-c1ccccc1. The number of hydrogen-bond acceptors (Lipinski definition) is 1. The standard InChI is InChI=1S/C14H14O/c1-11-7-6-10-13(15-2)14(11)12-8-4-3-5-9-12/h3-10H,1-2H3. The van der Waals surface area contributed by atoms with Gasteiger partial charge in [0.05, 0.1) is 7.11 Å². The molecule has 0 saturated carbocycles. The summed E-state index contributed by atoms with van der Waals surface area (Å²) >= 11 is 0. The highest BCUT2D eigenvalue weighted by molar-refractivity contribution is 5.73. The highest BCUT2D eigenvalue weighted by Crippen LogP contribution is 2.32. The summed E-state index contributed by atoms with van der Waals surface area (Å²) in [4.78, 5) is 0. The summed E-state index contributed by atoms with van der Waals surface area (Å²) in [6, 6.07) is 16.4. The van der Waals surface area contributed by atoms with Crippen LogP contribution in [0.4, 0.5) is 0 Å². The summed E-state index contributed by atoms with van der Waals surface area (Å²) in [5.74, 6) is 0.932. The van der Waals surface area contributed by atoms with Crippen molar-refractivity contribution in [2.75, 3.05) is 7.11 Å². The Balaban J connectivity index is 2.61. The molecule has 0 spiro atoms. The average molecular weight is 198 g/mol. The van der Waals surface area contributed by atoms with Gasteiger partial charge in [-0.05, 0) is 24.1 Å². The Morgan fingerprint density at radius 1 is 0.867 bits per heavy atom. The zero-order valence-corrected chi connectivity index (χ0v) is 9.03. The Morgan fingerprint density at radius 3 is 2.27 bits per heavy atom. The molecule has 0 aliphatic carbocycles. The minimum absolute atomic E-state index is 0.932. The third-order valence-electron chi connectivity index (χ3n) is 2.52. The molecule has 0 aliphatic rings. The molecule has 0 heterocycles. The smallest absolute Gasteiger partial charge is 0.126 e. The highest BCUT2D eigenvalue weighted by atomic mass is 16.5. The topological polar surface area (TPSA) is 9.23 Å². The summed E-state index contributed by atoms with van der Waals surface area (Å²) in [5.41, 5.74) is 3.62. The molecule has 0 aliphatic heterocycles. The first-order valence-corrected chi connectivity index (χ1v) is 5.02. The second-order valence-electron chi connectivity index (χ2n) is 3.52. The predicted octanol–water partition coefficient (Wildman–Crippen LogP) is 3.67. The number of aryl methyl sites for hydroxylation is 1. The van der Waals surface area contributed by atoms with Crippen LogP contribution < -0.4 is 4.74 Å². The maximum Gasteiger partial charge on any atom is 0.126 e. The van der Waals surface area contributed by atoms with Gasteiger partial charge in [-0.15, -0.1) is 0 Å². The van der Waals surface area contributed by atoms with E-state index in [1.54, 1.807) is 7.11 Å². The molecule has 0 radical (unpaired) electrons. The number of methoxy groups -OCH3 is 1. The van der Waals surface area contributed by atoms with Gasteiger partial charge in [-0.1, -0.05) is 42.5 Å². The molecule has 76 valence electrons. The molecule has 0 bridgehead atoms. The Kier molecular flexibility index (Phi) is 2.72. The maximum absolute atomic E-state index is 5.38. The van der Waals surface area contributed by atoms with Crippen molar-refractivity contribution in [1.29, 1.82) is 0 Å². The van der Waals surface area contributed by atoms with Gasteiger partial charge in [0.2, 0.25) is 0 Å². The summed E-state index contributed by atoms with van der Waals surface area (Å²) in [5, 5.41) is 0. The van der Waals surface area contributed by atoms with Gasteiger partial charge in [-0.2, -0.15) is 0 Å². The molecule has 0 unspecified atom stereocenters. The van der Waals surface area contributed by atoms with Crippen LogP contribution in [0.15, 0.2) is 48.5 Å². The number of ether oxygens (including phenoxy) is 1. The highest BCUT2D eigenvalue weighted by Gasteiger charge is 2.07. The monoisotopic (exact) mass is 198 g/mol. The van der Waals surface area contributed by atoms with Gasteiger partial charge in [-0.3, -0.25) is 0 Å². The Hall–Kier alpha value is -1.76. The van der Waals surface area contributed by atoms with E-state index in [0.29, 0.717) is 0 Å². The molecule has 15 heavy (non-hydrogen) atoms. The van der Waals surface area contributed by atoms with Gasteiger partial charge in [-0.25, -0.2) is 0 Å². The maximum atomic E-state index is 5.38. The van der Waals surface area contributed by atoms with Crippen LogP contribution >= 0.6 is 0 Å². The quantitative estimate of drug-likeness (QED) is 0.715. The molecule has 2 aromatic carbocycles. The third kappa shape index (κ3) is 1.86. The lowest BCUT2D eigenvalue weighted by Crippen LogP contribution is -1.90. The van der Waals surface area contributed by atoms with E-state index in [0.717, 1.165) is 5.75 Å². The molecule has 0 fully saturated rings. The molecule has 0 atom stereocenters. The molecular formula is C14H14O. The summed E-state index contributed by atoms with van der Waals surface area (Å²) in [7, 11) is 1.71. The van der Waals surface area contributed by atoms with Crippen molar-refractivity contribution in [2.24, 2.45) is 0 Å². The van der Waals surface area contributed by atoms with Crippen LogP contribution in [0.5, 0.6) is 5.75 Å². The van der Waals surface area contributed by atoms with Crippen LogP contribution in [0.2, 0.25) is 0 Å². The van der Waals surface area contributed by atoms with E-state index < -0.39 is 0 Å². The molecule has 2 aromatic rings. The van der Waals surface area contributed by atoms with E-state index in [-0.39, 0.29) is 0 Å². The van der Waals surface area contributed by atoms with E-state index in [2.05, 4.69) is 25.1 Å². The largest absolute Gasteiger partial charge is 0.496 e. The van der Waals surface area contributed by atoms with Crippen molar-refractivity contribution >= 4 is 0 Å². The van der Waals surface area contributed by atoms with Crippen LogP contribution in [-0.4, -0.2) is 7.11 Å². The van der Waals surface area contributed by atoms with E-state index in [1.807, 2.05) is 30.3 Å². The fourth-order valence-corrected chi connectivity index (χ4v) is 1.79. The second-order valence-corrected chi connectivity index (χ2v) is 3.52. The lowest BCUT2D eigenvalue weighted by Gasteiger charge is -2.11. The fraction of sp³-hybridized carbons (Fsp3) is 0.143. The number of rotatable bonds is 2. The first-order chi connectivity index (χ1) is 7.33. The first-order valence-electron chi connectivity index (χ1n) is 5.02. The van der Waals surface area contributed by atoms with Gasteiger partial charge in [0.15, 0.2) is 0 Å². The van der Waals surface area contributed by atoms with Crippen LogP contribution in [0, 0.1) is 6.92 Å². The normalized spacial score (nSPS) is 10.0. The Labute approximate surface area is 90.3 Å². The van der Waals surface area contributed by atoms with Gasteiger partial charge >= 0.3 is 0 Å². The van der Waals surface area contributed by atoms with Crippen LogP contribution in [0.1, 0.15) is 5.56 Å². The zero-order valence-electron chi connectivity index (χ0n) is 9.03. The Bertz CT molecular complexity index is 446. The molecule has 1 heteroatoms. The van der Waals surface area contributed by atoms with Crippen molar-refractivity contribution in [3.8, 4) is 16.9 Å². The first kappa shape index (κ1) is 9.78. The third-order valence-corrected chi connectivity index (χ3v) is 2.52. The van der Waals surface area contributed by atoms with E-state index >= 15 is 0 Å². The van der Waals surface area contributed by atoms with Gasteiger partial charge in [0, 0.05) is 5.56 Å². The summed E-state index contributed by atoms with van der Waals surface area (Å²) < 4.78 is 5.38. The molecular weight excluding hydrogens is 184 g/mol. The van der Waals surface area contributed by atoms with E-state index in [9.17, 15) is 0 Å². The van der Waals surface area contributed by atoms with Crippen LogP contribution in [0.25, 0.3) is 11.1 Å². The predicted molar refractivity (Wildman–Crippen MR) is 63.2 cm³/mol. The zero-order chi connectivity index (χ0) is 10.7. The minimum atomic E-state index is 0.932. The van der Waals surface area contributed by atoms with Crippen LogP contribution in [-0.2, 0) is 0 Å². The summed E-state index contributed by atoms with van der Waals surface area (Å²) in [6.45, 7) is 2.10. The number of benzene rings is 2. The summed E-state index contributed by atoms with van der Waals surface area (Å²) in [6.07, 6.45) is 0. The van der Waals surface area contributed by atoms with Gasteiger partial charge < -0.3 is 4.74 Å². The van der Waals surface area contributed by atoms with E-state index in [1.165, 1.54) is 16.7 Å². The van der Waals surface area contributed by atoms with Crippen molar-refractivity contribution in [3.05, 3.63) is 54.1 Å². The molecule has 0 amide bonds. The van der Waals surface area contributed by atoms with Gasteiger partial charge in [0.1, 0.15) is 5.75 Å². The lowest BCUT2D eigenvalue weighted by molar-refractivity contribution is 0.416. The lowest BCUT2D eigenvalue weighted by atomic mass is 10.00. The molecule has 0 saturated heterocycles. The molecule has 2 rings (SSSR count).